The molecule has 0 radical (unpaired) electrons. The number of allylic oxidation sites excluding steroid dienone is 2. The average Bonchev–Trinajstić information content (AvgIpc) is 2.93. The first-order valence-electron chi connectivity index (χ1n) is 13.3. The smallest absolute Gasteiger partial charge is 0.0841 e. The fourth-order valence-corrected chi connectivity index (χ4v) is 10.2. The predicted octanol–water partition coefficient (Wildman–Crippen LogP) is 4.47. The summed E-state index contributed by atoms with van der Waals surface area (Å²) in [7, 11) is 0. The molecule has 0 spiro atoms. The fraction of sp³-hybridized carbons (Fsp3) is 0.862. The highest BCUT2D eigenvalue weighted by Gasteiger charge is 2.72. The number of hydrogen-bond acceptors (Lipinski definition) is 4. The van der Waals surface area contributed by atoms with Crippen LogP contribution in [0.5, 0.6) is 0 Å². The Morgan fingerprint density at radius 3 is 2.15 bits per heavy atom. The molecule has 0 aromatic rings. The molecule has 5 aliphatic carbocycles. The van der Waals surface area contributed by atoms with Gasteiger partial charge in [-0.15, -0.1) is 0 Å². The van der Waals surface area contributed by atoms with Gasteiger partial charge in [-0.1, -0.05) is 60.6 Å². The Bertz CT molecular complexity index is 888. The maximum absolute atomic E-state index is 11.7. The van der Waals surface area contributed by atoms with Gasteiger partial charge >= 0.3 is 0 Å². The molecule has 5 rings (SSSR count). The third-order valence-electron chi connectivity index (χ3n) is 12.1. The zero-order valence-electron chi connectivity index (χ0n) is 21.7. The van der Waals surface area contributed by atoms with Gasteiger partial charge in [0.25, 0.3) is 0 Å². The largest absolute Gasteiger partial charge is 0.392 e. The summed E-state index contributed by atoms with van der Waals surface area (Å²) in [6.07, 6.45) is 6.57. The number of aliphatic hydroxyl groups excluding tert-OH is 4. The van der Waals surface area contributed by atoms with E-state index in [0.29, 0.717) is 18.8 Å². The van der Waals surface area contributed by atoms with Gasteiger partial charge in [-0.2, -0.15) is 0 Å². The molecule has 0 aromatic carbocycles. The molecule has 0 bridgehead atoms. The van der Waals surface area contributed by atoms with Crippen molar-refractivity contribution in [3.8, 4) is 0 Å². The summed E-state index contributed by atoms with van der Waals surface area (Å²) in [6.45, 7) is 15.7. The summed E-state index contributed by atoms with van der Waals surface area (Å²) in [6, 6.07) is 0. The van der Waals surface area contributed by atoms with Gasteiger partial charge in [0.1, 0.15) is 0 Å². The van der Waals surface area contributed by atoms with E-state index in [1.54, 1.807) is 0 Å². The molecule has 186 valence electrons. The molecule has 0 aliphatic heterocycles. The first-order chi connectivity index (χ1) is 15.2. The average molecular weight is 459 g/mol. The van der Waals surface area contributed by atoms with Crippen LogP contribution in [-0.4, -0.2) is 44.8 Å². The lowest BCUT2D eigenvalue weighted by Crippen LogP contribution is -2.63. The minimum atomic E-state index is -0.724. The van der Waals surface area contributed by atoms with Crippen molar-refractivity contribution in [2.75, 3.05) is 0 Å². The van der Waals surface area contributed by atoms with E-state index < -0.39 is 18.3 Å². The summed E-state index contributed by atoms with van der Waals surface area (Å²) in [4.78, 5) is 0. The number of hydrogen-bond donors (Lipinski definition) is 4. The molecule has 0 heterocycles. The monoisotopic (exact) mass is 458 g/mol. The second-order valence-electron chi connectivity index (χ2n) is 14.0. The Balaban J connectivity index is 1.62. The van der Waals surface area contributed by atoms with Crippen LogP contribution >= 0.6 is 0 Å². The fourth-order valence-electron chi connectivity index (χ4n) is 10.2. The van der Waals surface area contributed by atoms with Crippen molar-refractivity contribution in [3.63, 3.8) is 0 Å². The third-order valence-corrected chi connectivity index (χ3v) is 12.1. The van der Waals surface area contributed by atoms with Crippen LogP contribution in [0.2, 0.25) is 0 Å². The molecule has 3 saturated carbocycles. The molecule has 0 amide bonds. The van der Waals surface area contributed by atoms with Crippen LogP contribution in [0.3, 0.4) is 0 Å². The molecule has 4 N–H and O–H groups in total. The van der Waals surface area contributed by atoms with Crippen LogP contribution in [-0.2, 0) is 0 Å². The molecular formula is C29H46O4. The quantitative estimate of drug-likeness (QED) is 0.467. The zero-order valence-corrected chi connectivity index (χ0v) is 21.7. The van der Waals surface area contributed by atoms with Gasteiger partial charge in [0.15, 0.2) is 0 Å². The molecule has 0 saturated heterocycles. The van der Waals surface area contributed by atoms with Crippen LogP contribution < -0.4 is 0 Å². The highest BCUT2D eigenvalue weighted by Crippen LogP contribution is 2.74. The highest BCUT2D eigenvalue weighted by atomic mass is 16.3. The normalized spacial score (nSPS) is 55.2. The van der Waals surface area contributed by atoms with E-state index in [2.05, 4.69) is 60.6 Å². The van der Waals surface area contributed by atoms with Crippen molar-refractivity contribution in [2.45, 2.75) is 105 Å². The molecule has 0 unspecified atom stereocenters. The van der Waals surface area contributed by atoms with Crippen LogP contribution in [0.4, 0.5) is 0 Å². The summed E-state index contributed by atoms with van der Waals surface area (Å²) in [5.41, 5.74) is 1.94. The SMILES string of the molecule is CC(C)[C@@H]1[C@H](O)[C@@H](O)[C@H]2[C@@]1(C)CC[C@@]1(C)[C@H]3C(=CC[C@]21C)C1=CC[C@H](O)C(C)(C)[C@@H]1C[C@@H]3O. The van der Waals surface area contributed by atoms with E-state index in [1.807, 2.05) is 0 Å². The lowest BCUT2D eigenvalue weighted by Gasteiger charge is -2.67. The summed E-state index contributed by atoms with van der Waals surface area (Å²) in [5, 5.41) is 45.0. The summed E-state index contributed by atoms with van der Waals surface area (Å²) < 4.78 is 0. The summed E-state index contributed by atoms with van der Waals surface area (Å²) >= 11 is 0. The second kappa shape index (κ2) is 7.18. The van der Waals surface area contributed by atoms with E-state index in [-0.39, 0.29) is 51.4 Å². The molecule has 4 nitrogen and oxygen atoms in total. The standard InChI is InChI=1S/C29H46O4/c1-15(2)21-23(32)24(33)25-27(21,5)12-13-28(6)22-17(10-11-29(25,28)7)16-8-9-20(31)26(3,4)18(16)14-19(22)30/h8,10,15,18-25,30-33H,9,11-14H2,1-7H3/t18-,19+,20+,21-,22+,23+,24-,25+,27+,28+,29-/m1/s1. The van der Waals surface area contributed by atoms with Crippen LogP contribution in [0, 0.1) is 51.2 Å². The minimum Gasteiger partial charge on any atom is -0.392 e. The Hall–Kier alpha value is -0.680. The van der Waals surface area contributed by atoms with E-state index in [4.69, 9.17) is 0 Å². The number of aliphatic hydroxyl groups is 4. The topological polar surface area (TPSA) is 80.9 Å². The van der Waals surface area contributed by atoms with E-state index in [1.165, 1.54) is 11.1 Å². The minimum absolute atomic E-state index is 0.00692. The van der Waals surface area contributed by atoms with E-state index in [9.17, 15) is 20.4 Å². The maximum Gasteiger partial charge on any atom is 0.0841 e. The second-order valence-corrected chi connectivity index (χ2v) is 14.0. The van der Waals surface area contributed by atoms with Gasteiger partial charge in [-0.05, 0) is 88.6 Å². The predicted molar refractivity (Wildman–Crippen MR) is 130 cm³/mol. The Morgan fingerprint density at radius 1 is 0.848 bits per heavy atom. The summed E-state index contributed by atoms with van der Waals surface area (Å²) in [5.74, 6) is 0.622. The molecule has 3 fully saturated rings. The van der Waals surface area contributed by atoms with Gasteiger partial charge in [-0.3, -0.25) is 0 Å². The van der Waals surface area contributed by atoms with Gasteiger partial charge in [0.2, 0.25) is 0 Å². The van der Waals surface area contributed by atoms with Crippen molar-refractivity contribution >= 4 is 0 Å². The molecule has 0 aromatic heterocycles. The lowest BCUT2D eigenvalue weighted by molar-refractivity contribution is -0.182. The van der Waals surface area contributed by atoms with Gasteiger partial charge in [0.05, 0.1) is 24.4 Å². The molecule has 33 heavy (non-hydrogen) atoms. The molecular weight excluding hydrogens is 412 g/mol. The highest BCUT2D eigenvalue weighted by molar-refractivity contribution is 5.45. The third kappa shape index (κ3) is 2.79. The Labute approximate surface area is 200 Å². The van der Waals surface area contributed by atoms with Gasteiger partial charge in [-0.25, -0.2) is 0 Å². The van der Waals surface area contributed by atoms with Crippen molar-refractivity contribution in [1.29, 1.82) is 0 Å². The van der Waals surface area contributed by atoms with Crippen molar-refractivity contribution in [2.24, 2.45) is 51.2 Å². The Kier molecular flexibility index (Phi) is 5.23. The lowest BCUT2D eigenvalue weighted by atomic mass is 9.37. The van der Waals surface area contributed by atoms with Crippen LogP contribution in [0.1, 0.15) is 80.6 Å². The van der Waals surface area contributed by atoms with Gasteiger partial charge < -0.3 is 20.4 Å². The Morgan fingerprint density at radius 2 is 1.52 bits per heavy atom. The van der Waals surface area contributed by atoms with Crippen LogP contribution in [0.15, 0.2) is 23.3 Å². The number of rotatable bonds is 1. The van der Waals surface area contributed by atoms with E-state index >= 15 is 0 Å². The maximum atomic E-state index is 11.7. The van der Waals surface area contributed by atoms with E-state index in [0.717, 1.165) is 19.3 Å². The first kappa shape index (κ1) is 24.0. The first-order valence-corrected chi connectivity index (χ1v) is 13.3. The zero-order chi connectivity index (χ0) is 24.3. The molecule has 11 atom stereocenters. The van der Waals surface area contributed by atoms with Crippen LogP contribution in [0.25, 0.3) is 0 Å². The van der Waals surface area contributed by atoms with Crippen molar-refractivity contribution in [1.82, 2.24) is 0 Å². The molecule has 4 heteroatoms. The van der Waals surface area contributed by atoms with Gasteiger partial charge in [0, 0.05) is 5.92 Å². The number of fused-ring (bicyclic) bond motifs is 7. The van der Waals surface area contributed by atoms with Crippen molar-refractivity contribution in [3.05, 3.63) is 23.3 Å². The van der Waals surface area contributed by atoms with Crippen molar-refractivity contribution < 1.29 is 20.4 Å². The molecule has 5 aliphatic rings.